The molecule has 0 spiro atoms. The van der Waals surface area contributed by atoms with Crippen LogP contribution in [0.1, 0.15) is 13.7 Å². The minimum absolute atomic E-state index is 0.0652. The maximum atomic E-state index is 9.36. The number of rotatable bonds is 5. The highest BCUT2D eigenvalue weighted by Gasteiger charge is 2.17. The Labute approximate surface area is 259 Å². The van der Waals surface area contributed by atoms with Gasteiger partial charge in [0.25, 0.3) is 0 Å². The first kappa shape index (κ1) is 16.0. The number of nitrogens with zero attached hydrogens (tertiary/aromatic N) is 2. The lowest BCUT2D eigenvalue weighted by Crippen LogP contribution is -2.02. The molecule has 8 aromatic rings. The van der Waals surface area contributed by atoms with Crippen LogP contribution in [-0.2, 0) is 0 Å². The van der Waals surface area contributed by atoms with Crippen molar-refractivity contribution in [3.8, 4) is 45.0 Å². The maximum absolute atomic E-state index is 9.36. The Morgan fingerprint density at radius 2 is 0.810 bits per heavy atom. The summed E-state index contributed by atoms with van der Waals surface area (Å²) >= 11 is 0. The second-order valence-electron chi connectivity index (χ2n) is 9.90. The third-order valence-corrected chi connectivity index (χ3v) is 7.34. The SMILES string of the molecule is [2H]c1c([2H])c([2H])c2c(c1[2H])c([2H])c(-c1ccccc1)n2-c1cc(-c2ccccc2)cc(-n2c(-c3ccccc3)c([2H])c3c([2H])c([2H])c([2H])c([2H])c32)c1. The highest BCUT2D eigenvalue weighted by molar-refractivity contribution is 5.92. The molecule has 2 heteroatoms. The van der Waals surface area contributed by atoms with E-state index in [2.05, 4.69) is 0 Å². The van der Waals surface area contributed by atoms with E-state index in [9.17, 15) is 2.74 Å². The fraction of sp³-hybridized carbons (Fsp3) is 0. The monoisotopic (exact) mass is 546 g/mol. The van der Waals surface area contributed by atoms with Gasteiger partial charge in [-0.05, 0) is 64.6 Å². The minimum Gasteiger partial charge on any atom is -0.309 e. The molecule has 0 N–H and O–H groups in total. The molecule has 8 rings (SSSR count). The van der Waals surface area contributed by atoms with E-state index in [1.807, 2.05) is 103 Å². The van der Waals surface area contributed by atoms with E-state index in [0.717, 1.165) is 5.56 Å². The normalized spacial score (nSPS) is 14.7. The van der Waals surface area contributed by atoms with Crippen molar-refractivity contribution >= 4 is 21.8 Å². The first-order valence-corrected chi connectivity index (χ1v) is 13.6. The Morgan fingerprint density at radius 1 is 0.405 bits per heavy atom. The lowest BCUT2D eigenvalue weighted by Gasteiger charge is -2.18. The molecule has 2 nitrogen and oxygen atoms in total. The smallest absolute Gasteiger partial charge is 0.0652 e. The number of para-hydroxylation sites is 2. The third-order valence-electron chi connectivity index (χ3n) is 7.34. The molecule has 0 bridgehead atoms. The van der Waals surface area contributed by atoms with Crippen molar-refractivity contribution in [3.05, 3.63) is 170 Å². The average Bonchev–Trinajstić information content (AvgIpc) is 3.66. The minimum atomic E-state index is -0.440. The largest absolute Gasteiger partial charge is 0.309 e. The fourth-order valence-corrected chi connectivity index (χ4v) is 5.46. The first-order chi connectivity index (χ1) is 25.0. The van der Waals surface area contributed by atoms with Gasteiger partial charge in [0, 0.05) is 22.1 Å². The van der Waals surface area contributed by atoms with Crippen LogP contribution in [0.15, 0.2) is 170 Å². The zero-order chi connectivity index (χ0) is 36.6. The number of benzene rings is 6. The first-order valence-electron chi connectivity index (χ1n) is 18.6. The Kier molecular flexibility index (Phi) is 3.85. The molecular formula is C40H28N2. The summed E-state index contributed by atoms with van der Waals surface area (Å²) in [5.74, 6) is 0. The molecular weight excluding hydrogens is 508 g/mol. The van der Waals surface area contributed by atoms with E-state index in [4.69, 9.17) is 11.0 Å². The number of aromatic nitrogens is 2. The van der Waals surface area contributed by atoms with Crippen LogP contribution in [0.2, 0.25) is 0 Å². The van der Waals surface area contributed by atoms with Gasteiger partial charge in [-0.15, -0.1) is 0 Å². The van der Waals surface area contributed by atoms with Crippen molar-refractivity contribution in [1.29, 1.82) is 0 Å². The summed E-state index contributed by atoms with van der Waals surface area (Å²) in [6.45, 7) is 0. The van der Waals surface area contributed by atoms with Gasteiger partial charge in [0.1, 0.15) is 0 Å². The molecule has 42 heavy (non-hydrogen) atoms. The van der Waals surface area contributed by atoms with Crippen LogP contribution in [0.3, 0.4) is 0 Å². The average molecular weight is 547 g/mol. The molecule has 0 amide bonds. The van der Waals surface area contributed by atoms with Gasteiger partial charge in [-0.25, -0.2) is 0 Å². The molecule has 6 aromatic carbocycles. The van der Waals surface area contributed by atoms with Crippen LogP contribution in [0, 0.1) is 0 Å². The molecule has 0 aliphatic rings. The highest BCUT2D eigenvalue weighted by atomic mass is 15.0. The van der Waals surface area contributed by atoms with Crippen LogP contribution >= 0.6 is 0 Å². The number of fused-ring (bicyclic) bond motifs is 2. The van der Waals surface area contributed by atoms with Gasteiger partial charge < -0.3 is 9.13 Å². The van der Waals surface area contributed by atoms with Crippen molar-refractivity contribution < 1.29 is 13.7 Å². The zero-order valence-corrected chi connectivity index (χ0v) is 22.3. The van der Waals surface area contributed by atoms with E-state index < -0.39 is 24.2 Å². The van der Waals surface area contributed by atoms with E-state index in [0.29, 0.717) is 39.5 Å². The maximum Gasteiger partial charge on any atom is 0.0652 e. The predicted molar refractivity (Wildman–Crippen MR) is 176 cm³/mol. The molecule has 198 valence electrons. The van der Waals surface area contributed by atoms with Crippen LogP contribution in [0.4, 0.5) is 0 Å². The van der Waals surface area contributed by atoms with Gasteiger partial charge in [-0.3, -0.25) is 0 Å². The quantitative estimate of drug-likeness (QED) is 0.203. The Morgan fingerprint density at radius 3 is 1.26 bits per heavy atom. The van der Waals surface area contributed by atoms with Gasteiger partial charge in [-0.2, -0.15) is 0 Å². The summed E-state index contributed by atoms with van der Waals surface area (Å²) in [5, 5.41) is 0.130. The molecule has 0 saturated carbocycles. The molecule has 0 fully saturated rings. The molecule has 0 saturated heterocycles. The van der Waals surface area contributed by atoms with Gasteiger partial charge in [0.2, 0.25) is 0 Å². The third kappa shape index (κ3) is 4.13. The molecule has 0 aliphatic heterocycles. The molecule has 2 aromatic heterocycles. The number of hydrogen-bond donors (Lipinski definition) is 0. The summed E-state index contributed by atoms with van der Waals surface area (Å²) in [6, 6.07) is 30.1. The topological polar surface area (TPSA) is 9.86 Å². The summed E-state index contributed by atoms with van der Waals surface area (Å²) in [7, 11) is 0. The van der Waals surface area contributed by atoms with Crippen LogP contribution in [0.5, 0.6) is 0 Å². The summed E-state index contributed by atoms with van der Waals surface area (Å²) in [6.07, 6.45) is 0. The fourth-order valence-electron chi connectivity index (χ4n) is 5.46. The second-order valence-corrected chi connectivity index (χ2v) is 9.90. The second kappa shape index (κ2) is 10.1. The zero-order valence-electron chi connectivity index (χ0n) is 32.3. The van der Waals surface area contributed by atoms with Crippen LogP contribution in [0.25, 0.3) is 66.8 Å². The Hall–Kier alpha value is -5.60. The Bertz CT molecular complexity index is 2550. The predicted octanol–water partition coefficient (Wildman–Crippen LogP) is 10.6. The van der Waals surface area contributed by atoms with Gasteiger partial charge in [0.05, 0.1) is 36.1 Å². The van der Waals surface area contributed by atoms with E-state index in [-0.39, 0.29) is 58.1 Å². The lowest BCUT2D eigenvalue weighted by molar-refractivity contribution is 1.09. The van der Waals surface area contributed by atoms with Gasteiger partial charge in [-0.1, -0.05) is 127 Å². The van der Waals surface area contributed by atoms with Crippen molar-refractivity contribution in [2.45, 2.75) is 0 Å². The standard InChI is InChI=1S/C40H28N2/c1-4-14-29(15-5-1)34-24-35(41-37-22-12-10-20-32(37)26-39(41)30-16-6-2-7-17-30)28-36(25-34)42-38-23-13-11-21-33(38)27-40(42)31-18-8-3-9-19-31/h1-28H/i10D,11D,12D,13D,20D,21D,22D,23D,26D,27D. The van der Waals surface area contributed by atoms with E-state index in [1.165, 1.54) is 0 Å². The van der Waals surface area contributed by atoms with Crippen molar-refractivity contribution in [2.75, 3.05) is 0 Å². The molecule has 0 atom stereocenters. The Balaban J connectivity index is 1.59. The van der Waals surface area contributed by atoms with E-state index >= 15 is 0 Å². The van der Waals surface area contributed by atoms with Gasteiger partial charge in [0.15, 0.2) is 0 Å². The van der Waals surface area contributed by atoms with Gasteiger partial charge >= 0.3 is 0 Å². The molecule has 0 unspecified atom stereocenters. The highest BCUT2D eigenvalue weighted by Crippen LogP contribution is 2.37. The lowest BCUT2D eigenvalue weighted by atomic mass is 10.0. The van der Waals surface area contributed by atoms with Crippen molar-refractivity contribution in [1.82, 2.24) is 9.13 Å². The summed E-state index contributed by atoms with van der Waals surface area (Å²) in [4.78, 5) is 0. The molecule has 0 aliphatic carbocycles. The van der Waals surface area contributed by atoms with E-state index in [1.54, 1.807) is 15.2 Å². The number of hydrogen-bond acceptors (Lipinski definition) is 0. The molecule has 2 heterocycles. The van der Waals surface area contributed by atoms with Crippen LogP contribution in [-0.4, -0.2) is 9.13 Å². The summed E-state index contributed by atoms with van der Waals surface area (Å²) < 4.78 is 91.9. The van der Waals surface area contributed by atoms with Crippen molar-refractivity contribution in [3.63, 3.8) is 0 Å². The van der Waals surface area contributed by atoms with Crippen LogP contribution < -0.4 is 0 Å². The van der Waals surface area contributed by atoms with Crippen molar-refractivity contribution in [2.24, 2.45) is 0 Å². The summed E-state index contributed by atoms with van der Waals surface area (Å²) in [5.41, 5.74) is 4.55. The molecule has 0 radical (unpaired) electrons.